The highest BCUT2D eigenvalue weighted by molar-refractivity contribution is 14.0. The summed E-state index contributed by atoms with van der Waals surface area (Å²) in [7, 11) is 2.00. The second kappa shape index (κ2) is 11.5. The van der Waals surface area contributed by atoms with E-state index in [1.165, 1.54) is 11.3 Å². The van der Waals surface area contributed by atoms with Crippen LogP contribution in [0.3, 0.4) is 0 Å². The van der Waals surface area contributed by atoms with Gasteiger partial charge in [-0.05, 0) is 65.7 Å². The smallest absolute Gasteiger partial charge is 0.191 e. The third kappa shape index (κ3) is 5.90. The molecule has 174 valence electrons. The van der Waals surface area contributed by atoms with Crippen LogP contribution in [0.25, 0.3) is 5.69 Å². The first-order valence-electron chi connectivity index (χ1n) is 11.0. The number of nitrogens with zero attached hydrogens (tertiary/aromatic N) is 5. The number of guanidine groups is 1. The number of hydrogen-bond donors (Lipinski definition) is 2. The highest BCUT2D eigenvalue weighted by atomic mass is 127. The molecule has 1 unspecified atom stereocenters. The van der Waals surface area contributed by atoms with Crippen molar-refractivity contribution < 1.29 is 0 Å². The van der Waals surface area contributed by atoms with Gasteiger partial charge in [0.2, 0.25) is 0 Å². The Bertz CT molecular complexity index is 1050. The molecule has 0 spiro atoms. The van der Waals surface area contributed by atoms with E-state index in [1.54, 1.807) is 0 Å². The van der Waals surface area contributed by atoms with E-state index in [0.29, 0.717) is 6.54 Å². The number of aliphatic imine (C=N–C) groups is 1. The fourth-order valence-corrected chi connectivity index (χ4v) is 3.91. The summed E-state index contributed by atoms with van der Waals surface area (Å²) in [6, 6.07) is 10.5. The first kappa shape index (κ1) is 25.9. The number of para-hydroxylation sites is 1. The molecule has 0 radical (unpaired) electrons. The second-order valence-corrected chi connectivity index (χ2v) is 8.11. The maximum atomic E-state index is 4.86. The summed E-state index contributed by atoms with van der Waals surface area (Å²) in [5.74, 6) is 0.820. The number of hydrogen-bond acceptors (Lipinski definition) is 3. The molecule has 0 aliphatic rings. The van der Waals surface area contributed by atoms with Gasteiger partial charge < -0.3 is 10.6 Å². The fraction of sp³-hybridized carbons (Fsp3) is 0.458. The van der Waals surface area contributed by atoms with Gasteiger partial charge in [-0.3, -0.25) is 4.68 Å². The second-order valence-electron chi connectivity index (χ2n) is 8.11. The van der Waals surface area contributed by atoms with Crippen LogP contribution in [0, 0.1) is 27.7 Å². The molecule has 0 amide bonds. The van der Waals surface area contributed by atoms with Gasteiger partial charge in [0.15, 0.2) is 5.96 Å². The van der Waals surface area contributed by atoms with Crippen molar-refractivity contribution in [2.75, 3.05) is 6.54 Å². The van der Waals surface area contributed by atoms with Gasteiger partial charge in [-0.25, -0.2) is 9.67 Å². The standard InChI is InChI=1S/C24H35N7.HI/c1-8-25-24(27-16(2)14-22-17(3)28-30(7)19(22)5)26-15-23-18(4)29-31(20(23)6)21-12-10-9-11-13-21;/h9-13,16H,8,14-15H2,1-7H3,(H2,25,26,27);1H. The first-order chi connectivity index (χ1) is 14.8. The molecule has 2 aromatic heterocycles. The maximum absolute atomic E-state index is 4.86. The van der Waals surface area contributed by atoms with Crippen LogP contribution in [-0.4, -0.2) is 38.1 Å². The van der Waals surface area contributed by atoms with Gasteiger partial charge in [0.25, 0.3) is 0 Å². The summed E-state index contributed by atoms with van der Waals surface area (Å²) in [5, 5.41) is 16.2. The zero-order valence-corrected chi connectivity index (χ0v) is 22.6. The predicted molar refractivity (Wildman–Crippen MR) is 142 cm³/mol. The van der Waals surface area contributed by atoms with E-state index < -0.39 is 0 Å². The highest BCUT2D eigenvalue weighted by Gasteiger charge is 2.15. The molecule has 1 aromatic carbocycles. The molecule has 2 N–H and O–H groups in total. The zero-order chi connectivity index (χ0) is 22.5. The van der Waals surface area contributed by atoms with Gasteiger partial charge in [0.05, 0.1) is 23.6 Å². The first-order valence-corrected chi connectivity index (χ1v) is 11.0. The number of halogens is 1. The van der Waals surface area contributed by atoms with Crippen LogP contribution in [0.2, 0.25) is 0 Å². The van der Waals surface area contributed by atoms with Gasteiger partial charge >= 0.3 is 0 Å². The van der Waals surface area contributed by atoms with Crippen molar-refractivity contribution in [2.24, 2.45) is 12.0 Å². The number of aryl methyl sites for hydroxylation is 3. The average molecular weight is 550 g/mol. The lowest BCUT2D eigenvalue weighted by atomic mass is 10.1. The minimum Gasteiger partial charge on any atom is -0.357 e. The Labute approximate surface area is 208 Å². The lowest BCUT2D eigenvalue weighted by Crippen LogP contribution is -2.43. The Hall–Kier alpha value is -2.36. The molecule has 0 aliphatic heterocycles. The van der Waals surface area contributed by atoms with Crippen LogP contribution in [-0.2, 0) is 20.0 Å². The summed E-state index contributed by atoms with van der Waals surface area (Å²) >= 11 is 0. The Balaban J connectivity index is 0.00000363. The maximum Gasteiger partial charge on any atom is 0.191 e. The van der Waals surface area contributed by atoms with Gasteiger partial charge in [-0.1, -0.05) is 18.2 Å². The molecule has 0 saturated heterocycles. The molecule has 7 nitrogen and oxygen atoms in total. The molecule has 1 atom stereocenters. The predicted octanol–water partition coefficient (Wildman–Crippen LogP) is 4.14. The number of rotatable bonds is 7. The number of nitrogens with one attached hydrogen (secondary N) is 2. The minimum atomic E-state index is 0. The minimum absolute atomic E-state index is 0. The van der Waals surface area contributed by atoms with Gasteiger partial charge in [-0.2, -0.15) is 10.2 Å². The Kier molecular flexibility index (Phi) is 9.30. The summed E-state index contributed by atoms with van der Waals surface area (Å²) < 4.78 is 3.95. The lowest BCUT2D eigenvalue weighted by Gasteiger charge is -2.18. The van der Waals surface area contributed by atoms with Crippen LogP contribution in [0.15, 0.2) is 35.3 Å². The molecular weight excluding hydrogens is 513 g/mol. The molecule has 0 fully saturated rings. The van der Waals surface area contributed by atoms with E-state index in [0.717, 1.165) is 47.3 Å². The lowest BCUT2D eigenvalue weighted by molar-refractivity contribution is 0.635. The van der Waals surface area contributed by atoms with Crippen LogP contribution in [0.4, 0.5) is 0 Å². The number of aromatic nitrogens is 4. The Morgan fingerprint density at radius 2 is 1.66 bits per heavy atom. The average Bonchev–Trinajstić information content (AvgIpc) is 3.16. The van der Waals surface area contributed by atoms with Crippen molar-refractivity contribution in [1.29, 1.82) is 0 Å². The molecule has 0 saturated carbocycles. The Morgan fingerprint density at radius 1 is 1.00 bits per heavy atom. The molecule has 0 bridgehead atoms. The molecular formula is C24H36IN7. The largest absolute Gasteiger partial charge is 0.357 e. The van der Waals surface area contributed by atoms with Crippen molar-refractivity contribution in [3.8, 4) is 5.69 Å². The molecule has 32 heavy (non-hydrogen) atoms. The number of benzene rings is 1. The van der Waals surface area contributed by atoms with Gasteiger partial charge in [0.1, 0.15) is 0 Å². The van der Waals surface area contributed by atoms with Gasteiger partial charge in [-0.15, -0.1) is 24.0 Å². The van der Waals surface area contributed by atoms with Crippen molar-refractivity contribution in [3.63, 3.8) is 0 Å². The quantitative estimate of drug-likeness (QED) is 0.264. The van der Waals surface area contributed by atoms with E-state index in [9.17, 15) is 0 Å². The third-order valence-corrected chi connectivity index (χ3v) is 5.73. The normalized spacial score (nSPS) is 12.4. The van der Waals surface area contributed by atoms with Crippen molar-refractivity contribution in [3.05, 3.63) is 64.2 Å². The Morgan fingerprint density at radius 3 is 2.25 bits per heavy atom. The van der Waals surface area contributed by atoms with Crippen molar-refractivity contribution in [2.45, 2.75) is 60.5 Å². The molecule has 3 aromatic rings. The summed E-state index contributed by atoms with van der Waals surface area (Å²) in [4.78, 5) is 4.86. The molecule has 3 rings (SSSR count). The van der Waals surface area contributed by atoms with E-state index in [4.69, 9.17) is 10.1 Å². The highest BCUT2D eigenvalue weighted by Crippen LogP contribution is 2.19. The van der Waals surface area contributed by atoms with Crippen LogP contribution >= 0.6 is 24.0 Å². The summed E-state index contributed by atoms with van der Waals surface area (Å²) in [5.41, 5.74) is 7.97. The van der Waals surface area contributed by atoms with Gasteiger partial charge in [0, 0.05) is 36.6 Å². The van der Waals surface area contributed by atoms with E-state index >= 15 is 0 Å². The van der Waals surface area contributed by atoms with Crippen molar-refractivity contribution >= 4 is 29.9 Å². The topological polar surface area (TPSA) is 72.1 Å². The van der Waals surface area contributed by atoms with Crippen LogP contribution in [0.1, 0.15) is 47.8 Å². The van der Waals surface area contributed by atoms with Crippen LogP contribution in [0.5, 0.6) is 0 Å². The third-order valence-electron chi connectivity index (χ3n) is 5.73. The fourth-order valence-electron chi connectivity index (χ4n) is 3.91. The SMILES string of the molecule is CCNC(=NCc1c(C)nn(-c2ccccc2)c1C)NC(C)Cc1c(C)nn(C)c1C.I. The van der Waals surface area contributed by atoms with E-state index in [-0.39, 0.29) is 30.0 Å². The zero-order valence-electron chi connectivity index (χ0n) is 20.2. The van der Waals surface area contributed by atoms with Crippen LogP contribution < -0.4 is 10.6 Å². The van der Waals surface area contributed by atoms with Crippen molar-refractivity contribution in [1.82, 2.24) is 30.2 Å². The molecule has 8 heteroatoms. The van der Waals surface area contributed by atoms with E-state index in [2.05, 4.69) is 62.5 Å². The summed E-state index contributed by atoms with van der Waals surface area (Å²) in [6.07, 6.45) is 0.903. The molecule has 2 heterocycles. The molecule has 0 aliphatic carbocycles. The monoisotopic (exact) mass is 549 g/mol. The van der Waals surface area contributed by atoms with E-state index in [1.807, 2.05) is 41.5 Å². The summed E-state index contributed by atoms with van der Waals surface area (Å²) in [6.45, 7) is 14.0.